The van der Waals surface area contributed by atoms with E-state index in [-0.39, 0.29) is 5.91 Å². The highest BCUT2D eigenvalue weighted by Crippen LogP contribution is 2.13. The highest BCUT2D eigenvalue weighted by Gasteiger charge is 2.09. The highest BCUT2D eigenvalue weighted by molar-refractivity contribution is 5.92. The number of nitrogens with one attached hydrogen (secondary N) is 1. The molecular formula is C14H16N4O. The minimum Gasteiger partial charge on any atom is -0.362 e. The molecule has 0 aliphatic heterocycles. The van der Waals surface area contributed by atoms with Crippen LogP contribution in [0.2, 0.25) is 0 Å². The molecule has 1 N–H and O–H groups in total. The third-order valence-corrected chi connectivity index (χ3v) is 2.63. The Morgan fingerprint density at radius 1 is 1.16 bits per heavy atom. The van der Waals surface area contributed by atoms with E-state index in [1.165, 1.54) is 0 Å². The topological polar surface area (TPSA) is 58.1 Å². The van der Waals surface area contributed by atoms with E-state index in [4.69, 9.17) is 0 Å². The van der Waals surface area contributed by atoms with Crippen LogP contribution in [0.25, 0.3) is 0 Å². The van der Waals surface area contributed by atoms with Crippen molar-refractivity contribution in [1.82, 2.24) is 15.3 Å². The van der Waals surface area contributed by atoms with Crippen LogP contribution in [0.5, 0.6) is 0 Å². The SMILES string of the molecule is CN(C)c1ncccc1CNC(=O)c1ccccn1. The summed E-state index contributed by atoms with van der Waals surface area (Å²) >= 11 is 0. The molecule has 98 valence electrons. The van der Waals surface area contributed by atoms with E-state index in [2.05, 4.69) is 15.3 Å². The molecule has 5 nitrogen and oxygen atoms in total. The van der Waals surface area contributed by atoms with Crippen molar-refractivity contribution in [3.8, 4) is 0 Å². The molecule has 2 aromatic rings. The number of hydrogen-bond acceptors (Lipinski definition) is 4. The molecule has 0 atom stereocenters. The first-order chi connectivity index (χ1) is 9.18. The van der Waals surface area contributed by atoms with Gasteiger partial charge in [-0.1, -0.05) is 12.1 Å². The molecule has 0 bridgehead atoms. The molecule has 0 spiro atoms. The van der Waals surface area contributed by atoms with E-state index in [9.17, 15) is 4.79 Å². The Hall–Kier alpha value is -2.43. The molecule has 0 unspecified atom stereocenters. The van der Waals surface area contributed by atoms with Gasteiger partial charge in [0.05, 0.1) is 0 Å². The van der Waals surface area contributed by atoms with Gasteiger partial charge < -0.3 is 10.2 Å². The number of carbonyl (C=O) groups excluding carboxylic acids is 1. The molecule has 5 heteroatoms. The number of amides is 1. The molecule has 1 amide bonds. The van der Waals surface area contributed by atoms with Gasteiger partial charge in [0, 0.05) is 38.6 Å². The highest BCUT2D eigenvalue weighted by atomic mass is 16.1. The van der Waals surface area contributed by atoms with Crippen LogP contribution in [0.15, 0.2) is 42.7 Å². The van der Waals surface area contributed by atoms with Gasteiger partial charge in [0.1, 0.15) is 11.5 Å². The second kappa shape index (κ2) is 5.95. The molecule has 0 fully saturated rings. The van der Waals surface area contributed by atoms with Crippen LogP contribution in [0.3, 0.4) is 0 Å². The summed E-state index contributed by atoms with van der Waals surface area (Å²) in [7, 11) is 3.85. The van der Waals surface area contributed by atoms with Crippen LogP contribution < -0.4 is 10.2 Å². The normalized spacial score (nSPS) is 10.0. The largest absolute Gasteiger partial charge is 0.362 e. The van der Waals surface area contributed by atoms with Gasteiger partial charge in [0.25, 0.3) is 5.91 Å². The molecule has 2 heterocycles. The summed E-state index contributed by atoms with van der Waals surface area (Å²) in [5.74, 6) is 0.665. The lowest BCUT2D eigenvalue weighted by Gasteiger charge is -2.15. The molecule has 0 saturated carbocycles. The first kappa shape index (κ1) is 13.0. The summed E-state index contributed by atoms with van der Waals surface area (Å²) in [4.78, 5) is 22.1. The summed E-state index contributed by atoms with van der Waals surface area (Å²) in [6.07, 6.45) is 3.34. The smallest absolute Gasteiger partial charge is 0.270 e. The number of anilines is 1. The zero-order chi connectivity index (χ0) is 13.7. The van der Waals surface area contributed by atoms with E-state index in [0.717, 1.165) is 11.4 Å². The van der Waals surface area contributed by atoms with Gasteiger partial charge in [-0.05, 0) is 18.2 Å². The second-order valence-corrected chi connectivity index (χ2v) is 4.28. The fourth-order valence-corrected chi connectivity index (χ4v) is 1.73. The van der Waals surface area contributed by atoms with E-state index in [0.29, 0.717) is 12.2 Å². The maximum Gasteiger partial charge on any atom is 0.270 e. The van der Waals surface area contributed by atoms with Crippen LogP contribution in [0.1, 0.15) is 16.1 Å². The fraction of sp³-hybridized carbons (Fsp3) is 0.214. The minimum atomic E-state index is -0.186. The maximum atomic E-state index is 11.9. The number of rotatable bonds is 4. The summed E-state index contributed by atoms with van der Waals surface area (Å²) in [6.45, 7) is 0.427. The number of carbonyl (C=O) groups is 1. The summed E-state index contributed by atoms with van der Waals surface area (Å²) in [6, 6.07) is 9.06. The van der Waals surface area contributed by atoms with Crippen molar-refractivity contribution >= 4 is 11.7 Å². The molecule has 0 aliphatic carbocycles. The van der Waals surface area contributed by atoms with E-state index < -0.39 is 0 Å². The first-order valence-corrected chi connectivity index (χ1v) is 5.99. The quantitative estimate of drug-likeness (QED) is 0.900. The number of aromatic nitrogens is 2. The van der Waals surface area contributed by atoms with Gasteiger partial charge in [-0.3, -0.25) is 9.78 Å². The molecule has 2 rings (SSSR count). The molecule has 19 heavy (non-hydrogen) atoms. The van der Waals surface area contributed by atoms with Crippen LogP contribution in [0.4, 0.5) is 5.82 Å². The standard InChI is InChI=1S/C14H16N4O/c1-18(2)13-11(6-5-9-16-13)10-17-14(19)12-7-3-4-8-15-12/h3-9H,10H2,1-2H3,(H,17,19). The van der Waals surface area contributed by atoms with Crippen molar-refractivity contribution in [2.75, 3.05) is 19.0 Å². The fourth-order valence-electron chi connectivity index (χ4n) is 1.73. The van der Waals surface area contributed by atoms with Crippen molar-refractivity contribution in [2.45, 2.75) is 6.54 Å². The van der Waals surface area contributed by atoms with Crippen LogP contribution in [-0.2, 0) is 6.54 Å². The van der Waals surface area contributed by atoms with Crippen LogP contribution in [0, 0.1) is 0 Å². The van der Waals surface area contributed by atoms with Crippen molar-refractivity contribution in [1.29, 1.82) is 0 Å². The molecule has 0 aliphatic rings. The Labute approximate surface area is 112 Å². The van der Waals surface area contributed by atoms with Gasteiger partial charge in [0.2, 0.25) is 0 Å². The Bertz CT molecular complexity index is 554. The van der Waals surface area contributed by atoms with Gasteiger partial charge in [0.15, 0.2) is 0 Å². The first-order valence-electron chi connectivity index (χ1n) is 5.99. The van der Waals surface area contributed by atoms with Gasteiger partial charge in [-0.2, -0.15) is 0 Å². The molecular weight excluding hydrogens is 240 g/mol. The predicted octanol–water partition coefficient (Wildman–Crippen LogP) is 1.47. The Morgan fingerprint density at radius 2 is 1.95 bits per heavy atom. The Morgan fingerprint density at radius 3 is 2.63 bits per heavy atom. The summed E-state index contributed by atoms with van der Waals surface area (Å²) < 4.78 is 0. The molecule has 2 aromatic heterocycles. The van der Waals surface area contributed by atoms with Crippen molar-refractivity contribution in [3.05, 3.63) is 54.0 Å². The average Bonchev–Trinajstić information content (AvgIpc) is 2.46. The molecule has 0 aromatic carbocycles. The van der Waals surface area contributed by atoms with Gasteiger partial charge >= 0.3 is 0 Å². The maximum absolute atomic E-state index is 11.9. The number of pyridine rings is 2. The Kier molecular flexibility index (Phi) is 4.07. The zero-order valence-corrected chi connectivity index (χ0v) is 11.0. The number of nitrogens with zero attached hydrogens (tertiary/aromatic N) is 3. The summed E-state index contributed by atoms with van der Waals surface area (Å²) in [5, 5.41) is 2.84. The predicted molar refractivity (Wildman–Crippen MR) is 74.0 cm³/mol. The molecule has 0 saturated heterocycles. The lowest BCUT2D eigenvalue weighted by Crippen LogP contribution is -2.25. The van der Waals surface area contributed by atoms with Gasteiger partial charge in [-0.25, -0.2) is 4.98 Å². The number of hydrogen-bond donors (Lipinski definition) is 1. The van der Waals surface area contributed by atoms with E-state index >= 15 is 0 Å². The minimum absolute atomic E-state index is 0.186. The third-order valence-electron chi connectivity index (χ3n) is 2.63. The van der Waals surface area contributed by atoms with Crippen LogP contribution >= 0.6 is 0 Å². The van der Waals surface area contributed by atoms with Crippen LogP contribution in [-0.4, -0.2) is 30.0 Å². The average molecular weight is 256 g/mol. The zero-order valence-electron chi connectivity index (χ0n) is 11.0. The third kappa shape index (κ3) is 3.28. The monoisotopic (exact) mass is 256 g/mol. The molecule has 0 radical (unpaired) electrons. The van der Waals surface area contributed by atoms with Crippen molar-refractivity contribution < 1.29 is 4.79 Å². The lowest BCUT2D eigenvalue weighted by molar-refractivity contribution is 0.0946. The van der Waals surface area contributed by atoms with Crippen molar-refractivity contribution in [3.63, 3.8) is 0 Å². The van der Waals surface area contributed by atoms with Crippen molar-refractivity contribution in [2.24, 2.45) is 0 Å². The van der Waals surface area contributed by atoms with E-state index in [1.807, 2.05) is 31.1 Å². The summed E-state index contributed by atoms with van der Waals surface area (Å²) in [5.41, 5.74) is 1.38. The Balaban J connectivity index is 2.05. The van der Waals surface area contributed by atoms with Gasteiger partial charge in [-0.15, -0.1) is 0 Å². The lowest BCUT2D eigenvalue weighted by atomic mass is 10.2. The second-order valence-electron chi connectivity index (χ2n) is 4.28. The van der Waals surface area contributed by atoms with E-state index in [1.54, 1.807) is 30.6 Å².